The summed E-state index contributed by atoms with van der Waals surface area (Å²) in [5.74, 6) is 1.15. The van der Waals surface area contributed by atoms with Crippen molar-refractivity contribution < 1.29 is 14.6 Å². The zero-order valence-electron chi connectivity index (χ0n) is 16.7. The number of methoxy groups -OCH3 is 1. The van der Waals surface area contributed by atoms with Crippen LogP contribution in [0, 0.1) is 11.3 Å². The first kappa shape index (κ1) is 20.3. The Balaban J connectivity index is 1.60. The van der Waals surface area contributed by atoms with Crippen LogP contribution in [-0.2, 0) is 11.2 Å². The van der Waals surface area contributed by atoms with Gasteiger partial charge in [0, 0.05) is 24.6 Å². The second kappa shape index (κ2) is 8.82. The number of thioether (sulfide) groups is 1. The smallest absolute Gasteiger partial charge is 0.229 e. The number of nitrogens with zero attached hydrogens (tertiary/aromatic N) is 3. The number of anilines is 1. The average molecular weight is 422 g/mol. The third kappa shape index (κ3) is 3.89. The molecule has 2 heterocycles. The van der Waals surface area contributed by atoms with E-state index >= 15 is 0 Å². The SMILES string of the molecule is COc1cccc(C2CC(=O)N3CN(c4ccc(CCO)cc4)CSC3=C2C#N)c1. The molecule has 7 heteroatoms. The summed E-state index contributed by atoms with van der Waals surface area (Å²) in [6, 6.07) is 18.0. The van der Waals surface area contributed by atoms with Gasteiger partial charge in [0.1, 0.15) is 5.75 Å². The van der Waals surface area contributed by atoms with Crippen LogP contribution in [0.5, 0.6) is 5.75 Å². The van der Waals surface area contributed by atoms with E-state index in [0.717, 1.165) is 27.6 Å². The van der Waals surface area contributed by atoms with Crippen LogP contribution in [0.15, 0.2) is 59.1 Å². The van der Waals surface area contributed by atoms with E-state index in [4.69, 9.17) is 9.84 Å². The molecule has 2 aromatic rings. The van der Waals surface area contributed by atoms with E-state index in [1.807, 2.05) is 48.5 Å². The van der Waals surface area contributed by atoms with Crippen molar-refractivity contribution in [1.29, 1.82) is 5.26 Å². The van der Waals surface area contributed by atoms with Gasteiger partial charge in [0.15, 0.2) is 0 Å². The van der Waals surface area contributed by atoms with Crippen molar-refractivity contribution >= 4 is 23.4 Å². The van der Waals surface area contributed by atoms with Crippen LogP contribution >= 0.6 is 11.8 Å². The largest absolute Gasteiger partial charge is 0.497 e. The van der Waals surface area contributed by atoms with Crippen LogP contribution in [0.4, 0.5) is 5.69 Å². The van der Waals surface area contributed by atoms with Gasteiger partial charge in [-0.2, -0.15) is 5.26 Å². The molecule has 0 radical (unpaired) electrons. The molecule has 0 aromatic heterocycles. The Bertz CT molecular complexity index is 1010. The molecule has 1 fully saturated rings. The Hall–Kier alpha value is -2.95. The van der Waals surface area contributed by atoms with Crippen LogP contribution < -0.4 is 9.64 Å². The Kier molecular flexibility index (Phi) is 5.98. The maximum atomic E-state index is 13.0. The summed E-state index contributed by atoms with van der Waals surface area (Å²) in [7, 11) is 1.61. The van der Waals surface area contributed by atoms with E-state index in [-0.39, 0.29) is 24.9 Å². The maximum absolute atomic E-state index is 13.0. The predicted octanol–water partition coefficient (Wildman–Crippen LogP) is 3.45. The summed E-state index contributed by atoms with van der Waals surface area (Å²) in [6.07, 6.45) is 0.896. The minimum absolute atomic E-state index is 0.0194. The molecule has 1 amide bonds. The average Bonchev–Trinajstić information content (AvgIpc) is 2.79. The highest BCUT2D eigenvalue weighted by atomic mass is 32.2. The molecule has 2 aliphatic rings. The number of hydrogen-bond donors (Lipinski definition) is 1. The highest BCUT2D eigenvalue weighted by molar-refractivity contribution is 8.03. The molecule has 0 spiro atoms. The number of amides is 1. The zero-order valence-corrected chi connectivity index (χ0v) is 17.6. The van der Waals surface area contributed by atoms with Crippen LogP contribution in [0.25, 0.3) is 0 Å². The van der Waals surface area contributed by atoms with E-state index in [1.54, 1.807) is 12.0 Å². The summed E-state index contributed by atoms with van der Waals surface area (Å²) in [5, 5.41) is 19.8. The first-order chi connectivity index (χ1) is 14.6. The lowest BCUT2D eigenvalue weighted by molar-refractivity contribution is -0.129. The van der Waals surface area contributed by atoms with Crippen LogP contribution in [-0.4, -0.2) is 42.2 Å². The molecule has 2 aliphatic heterocycles. The zero-order chi connectivity index (χ0) is 21.1. The number of carbonyl (C=O) groups excluding carboxylic acids is 1. The van der Waals surface area contributed by atoms with Crippen LogP contribution in [0.1, 0.15) is 23.5 Å². The summed E-state index contributed by atoms with van der Waals surface area (Å²) in [5.41, 5.74) is 3.66. The predicted molar refractivity (Wildman–Crippen MR) is 117 cm³/mol. The quantitative estimate of drug-likeness (QED) is 0.797. The lowest BCUT2D eigenvalue weighted by Gasteiger charge is -2.42. The molecule has 154 valence electrons. The molecule has 1 atom stereocenters. The van der Waals surface area contributed by atoms with Gasteiger partial charge in [-0.05, 0) is 41.8 Å². The highest BCUT2D eigenvalue weighted by Crippen LogP contribution is 2.43. The number of rotatable bonds is 5. The minimum Gasteiger partial charge on any atom is -0.497 e. The van der Waals surface area contributed by atoms with Gasteiger partial charge >= 0.3 is 0 Å². The number of ether oxygens (including phenoxy) is 1. The maximum Gasteiger partial charge on any atom is 0.229 e. The molecule has 30 heavy (non-hydrogen) atoms. The van der Waals surface area contributed by atoms with Gasteiger partial charge in [-0.3, -0.25) is 9.69 Å². The van der Waals surface area contributed by atoms with E-state index < -0.39 is 0 Å². The highest BCUT2D eigenvalue weighted by Gasteiger charge is 2.38. The molecule has 0 saturated carbocycles. The molecule has 4 rings (SSSR count). The lowest BCUT2D eigenvalue weighted by atomic mass is 9.86. The Morgan fingerprint density at radius 2 is 2.07 bits per heavy atom. The van der Waals surface area contributed by atoms with E-state index in [9.17, 15) is 10.1 Å². The number of hydrogen-bond acceptors (Lipinski definition) is 6. The van der Waals surface area contributed by atoms with Crippen molar-refractivity contribution in [2.75, 3.05) is 31.2 Å². The number of carbonyl (C=O) groups is 1. The van der Waals surface area contributed by atoms with Crippen molar-refractivity contribution in [2.24, 2.45) is 0 Å². The van der Waals surface area contributed by atoms with Gasteiger partial charge < -0.3 is 14.7 Å². The molecule has 6 nitrogen and oxygen atoms in total. The van der Waals surface area contributed by atoms with Crippen LogP contribution in [0.3, 0.4) is 0 Å². The topological polar surface area (TPSA) is 76.8 Å². The van der Waals surface area contributed by atoms with Gasteiger partial charge in [0.05, 0.1) is 36.3 Å². The number of aliphatic hydroxyl groups excluding tert-OH is 1. The molecule has 1 N–H and O–H groups in total. The first-order valence-electron chi connectivity index (χ1n) is 9.80. The normalized spacial score (nSPS) is 18.8. The first-order valence-corrected chi connectivity index (χ1v) is 10.8. The fourth-order valence-corrected chi connectivity index (χ4v) is 5.04. The summed E-state index contributed by atoms with van der Waals surface area (Å²) in [6.45, 7) is 0.553. The van der Waals surface area contributed by atoms with E-state index in [0.29, 0.717) is 24.5 Å². The minimum atomic E-state index is -0.249. The number of allylic oxidation sites excluding steroid dienone is 1. The van der Waals surface area contributed by atoms with Gasteiger partial charge in [-0.1, -0.05) is 36.0 Å². The molecular formula is C23H23N3O3S. The van der Waals surface area contributed by atoms with Gasteiger partial charge in [0.25, 0.3) is 0 Å². The Morgan fingerprint density at radius 1 is 1.27 bits per heavy atom. The summed E-state index contributed by atoms with van der Waals surface area (Å²) >= 11 is 1.53. The van der Waals surface area contributed by atoms with Crippen molar-refractivity contribution in [3.63, 3.8) is 0 Å². The van der Waals surface area contributed by atoms with E-state index in [2.05, 4.69) is 11.0 Å². The summed E-state index contributed by atoms with van der Waals surface area (Å²) in [4.78, 5) is 16.9. The fraction of sp³-hybridized carbons (Fsp3) is 0.304. The Morgan fingerprint density at radius 3 is 2.77 bits per heavy atom. The van der Waals surface area contributed by atoms with Crippen molar-refractivity contribution in [3.8, 4) is 11.8 Å². The molecule has 0 aliphatic carbocycles. The molecule has 1 unspecified atom stereocenters. The third-order valence-corrected chi connectivity index (χ3v) is 6.65. The number of nitriles is 1. The standard InChI is InChI=1S/C23H23N3O3S/c1-29-19-4-2-3-17(11-19)20-12-22(28)26-14-25(15-30-23(26)21(20)13-24)18-7-5-16(6-8-18)9-10-27/h2-8,11,20,27H,9-10,12,14-15H2,1H3. The Labute approximate surface area is 180 Å². The fourth-order valence-electron chi connectivity index (χ4n) is 3.87. The monoisotopic (exact) mass is 421 g/mol. The van der Waals surface area contributed by atoms with E-state index in [1.165, 1.54) is 11.8 Å². The number of benzene rings is 2. The van der Waals surface area contributed by atoms with Gasteiger partial charge in [0.2, 0.25) is 5.91 Å². The van der Waals surface area contributed by atoms with Crippen molar-refractivity contribution in [3.05, 3.63) is 70.3 Å². The van der Waals surface area contributed by atoms with Crippen molar-refractivity contribution in [1.82, 2.24) is 4.90 Å². The van der Waals surface area contributed by atoms with Gasteiger partial charge in [-0.15, -0.1) is 0 Å². The molecule has 0 bridgehead atoms. The summed E-state index contributed by atoms with van der Waals surface area (Å²) < 4.78 is 5.31. The molecule has 2 aromatic carbocycles. The lowest BCUT2D eigenvalue weighted by Crippen LogP contribution is -2.47. The number of fused-ring (bicyclic) bond motifs is 1. The second-order valence-corrected chi connectivity index (χ2v) is 8.21. The number of aliphatic hydroxyl groups is 1. The molecular weight excluding hydrogens is 398 g/mol. The van der Waals surface area contributed by atoms with Crippen LogP contribution in [0.2, 0.25) is 0 Å². The molecule has 1 saturated heterocycles. The van der Waals surface area contributed by atoms with Gasteiger partial charge in [-0.25, -0.2) is 0 Å². The second-order valence-electron chi connectivity index (χ2n) is 7.28. The van der Waals surface area contributed by atoms with Crippen molar-refractivity contribution in [2.45, 2.75) is 18.8 Å². The third-order valence-electron chi connectivity index (χ3n) is 5.49.